The number of halogens is 1. The number of nitrogen functional groups attached to an aromatic ring is 4. The number of anilines is 3. The van der Waals surface area contributed by atoms with Crippen molar-refractivity contribution in [1.82, 2.24) is 5.32 Å². The summed E-state index contributed by atoms with van der Waals surface area (Å²) in [6, 6.07) is 30.3. The third kappa shape index (κ3) is 59.2. The van der Waals surface area contributed by atoms with E-state index >= 15 is 0 Å². The van der Waals surface area contributed by atoms with Gasteiger partial charge >= 0.3 is 144 Å². The van der Waals surface area contributed by atoms with E-state index in [1.165, 1.54) is 48.5 Å². The Morgan fingerprint density at radius 3 is 1.11 bits per heavy atom. The molecule has 604 valence electrons. The van der Waals surface area contributed by atoms with Crippen molar-refractivity contribution in [2.75, 3.05) is 70.1 Å². The van der Waals surface area contributed by atoms with Crippen molar-refractivity contribution in [2.45, 2.75) is 139 Å². The van der Waals surface area contributed by atoms with Gasteiger partial charge in [-0.05, 0) is 236 Å². The van der Waals surface area contributed by atoms with E-state index in [0.29, 0.717) is 92.1 Å². The second-order valence-electron chi connectivity index (χ2n) is 25.6. The van der Waals surface area contributed by atoms with Crippen LogP contribution in [0.3, 0.4) is 0 Å². The molecular weight excluding hydrogens is 1530 g/mol. The zero-order valence-corrected chi connectivity index (χ0v) is 71.8. The number of nitro groups is 2. The molecular formula is C73H104ClK2N11O24. The number of nitrogens with zero attached hydrogens (tertiary/aromatic N) is 3. The van der Waals surface area contributed by atoms with Crippen LogP contribution in [0.4, 0.5) is 47.6 Å². The summed E-state index contributed by atoms with van der Waals surface area (Å²) in [5, 5.41) is 63.4. The van der Waals surface area contributed by atoms with E-state index in [2.05, 4.69) is 19.9 Å². The van der Waals surface area contributed by atoms with Crippen LogP contribution < -0.4 is 151 Å². The molecule has 5 aromatic carbocycles. The van der Waals surface area contributed by atoms with Crippen LogP contribution in [-0.4, -0.2) is 139 Å². The molecule has 5 aromatic rings. The fraction of sp³-hybridized carbons (Fsp3) is 0.438. The fourth-order valence-electron chi connectivity index (χ4n) is 7.03. The third-order valence-corrected chi connectivity index (χ3v) is 13.1. The molecule has 2 amide bonds. The Hall–Kier alpha value is -8.29. The van der Waals surface area contributed by atoms with Crippen LogP contribution in [0.25, 0.3) is 0 Å². The number of nitrogens with one attached hydrogen (secondary N) is 3. The number of rotatable bonds is 30. The quantitative estimate of drug-likeness (QED) is 0.00219. The normalized spacial score (nSPS) is 10.3. The Kier molecular flexibility index (Phi) is 62.1. The van der Waals surface area contributed by atoms with Gasteiger partial charge in [0.1, 0.15) is 29.0 Å². The molecule has 0 aliphatic heterocycles. The Bertz CT molecular complexity index is 3590. The van der Waals surface area contributed by atoms with Crippen molar-refractivity contribution in [3.05, 3.63) is 158 Å². The van der Waals surface area contributed by atoms with Gasteiger partial charge in [0.2, 0.25) is 0 Å². The second-order valence-corrected chi connectivity index (χ2v) is 25.9. The number of nitro benzene ring substituents is 2. The number of aliphatic imine (C=N–C) groups is 1. The number of alkyl carbamates (subject to hydrolysis) is 1. The molecule has 0 spiro atoms. The molecule has 0 aromatic heterocycles. The van der Waals surface area contributed by atoms with E-state index in [0.717, 1.165) is 38.5 Å². The first kappa shape index (κ1) is 109. The number of amides is 2. The molecule has 111 heavy (non-hydrogen) atoms. The average molecular weight is 1630 g/mol. The zero-order valence-electron chi connectivity index (χ0n) is 65.7. The summed E-state index contributed by atoms with van der Waals surface area (Å²) in [6.45, 7) is 18.4. The zero-order chi connectivity index (χ0) is 83.0. The third-order valence-electron chi connectivity index (χ3n) is 13.0. The molecule has 0 heterocycles. The topological polar surface area (TPSA) is 572 Å². The molecule has 0 aliphatic carbocycles. The van der Waals surface area contributed by atoms with E-state index in [1.807, 2.05) is 41.5 Å². The molecule has 35 nitrogen and oxygen atoms in total. The van der Waals surface area contributed by atoms with Crippen LogP contribution in [0.2, 0.25) is 0 Å². The van der Waals surface area contributed by atoms with E-state index in [9.17, 15) is 53.8 Å². The number of aliphatic hydroxyl groups is 2. The molecule has 38 heteroatoms. The van der Waals surface area contributed by atoms with Crippen molar-refractivity contribution in [1.29, 1.82) is 10.8 Å². The number of aliphatic hydroxyl groups excluding tert-OH is 2. The number of carbonyl (C=O) groups excluding carboxylic acids is 8. The number of non-ortho nitro benzene ring substituents is 2. The maximum absolute atomic E-state index is 11.6. The summed E-state index contributed by atoms with van der Waals surface area (Å²) in [5.41, 5.74) is 28.6. The molecule has 0 atom stereocenters. The average Bonchev–Trinajstić information content (AvgIpc) is 0.885. The van der Waals surface area contributed by atoms with Crippen molar-refractivity contribution >= 4 is 106 Å². The first-order valence-electron chi connectivity index (χ1n) is 33.8. The Balaban J connectivity index is -0.000000413. The molecule has 0 radical (unpaired) electrons. The van der Waals surface area contributed by atoms with Crippen LogP contribution in [0.5, 0.6) is 11.5 Å². The number of benzene rings is 5. The van der Waals surface area contributed by atoms with Gasteiger partial charge in [-0.15, -0.1) is 0 Å². The van der Waals surface area contributed by atoms with Gasteiger partial charge in [0.05, 0.1) is 65.7 Å². The summed E-state index contributed by atoms with van der Waals surface area (Å²) >= 11 is 4.92. The molecule has 0 saturated carbocycles. The number of hydrogen-bond acceptors (Lipinski definition) is 29. The van der Waals surface area contributed by atoms with E-state index < -0.39 is 49.9 Å². The molecule has 0 fully saturated rings. The molecule has 0 aliphatic rings. The van der Waals surface area contributed by atoms with E-state index in [-0.39, 0.29) is 202 Å². The Labute approximate surface area is 736 Å². The van der Waals surface area contributed by atoms with Gasteiger partial charge < -0.3 is 88.3 Å². The Morgan fingerprint density at radius 1 is 0.486 bits per heavy atom. The number of nitrogens with two attached hydrogens (primary N) is 5. The monoisotopic (exact) mass is 1630 g/mol. The fourth-order valence-corrected chi connectivity index (χ4v) is 7.12. The van der Waals surface area contributed by atoms with Gasteiger partial charge in [-0.3, -0.25) is 55.5 Å². The molecule has 0 saturated heterocycles. The van der Waals surface area contributed by atoms with Gasteiger partial charge in [-0.25, -0.2) is 19.2 Å². The van der Waals surface area contributed by atoms with Gasteiger partial charge in [0, 0.05) is 82.8 Å². The van der Waals surface area contributed by atoms with Crippen LogP contribution in [-0.2, 0) is 52.5 Å². The smallest absolute Gasteiger partial charge is 1.00 e. The predicted molar refractivity (Wildman–Crippen MR) is 406 cm³/mol. The number of unbranched alkanes of at least 4 members (excludes halogenated alkanes) is 8. The number of amidine groups is 3. The SMILES string of the molecule is CC(C)(C)C(=O)OCCCCCO.CC(C)(C)C(=O)OCCCCCOC(=O)NC(=N)c1ccc(N)cc1.CC(C)(C)C(=O)OCCCCCOC(=O)Oc1ccc([N+](=O)[O-])cc1.N=C(N)c1ccc(N)cc1.NC(=NC(=O)OCCCCCO)c1ccc(N)cc1.O=C(Cl)Oc1ccc([N+](=O)[O-])cc1.O=CO[O-].[H-].[K+].[K+]. The summed E-state index contributed by atoms with van der Waals surface area (Å²) in [5.74, 6) is -0.147. The number of ether oxygens (including phenoxy) is 8. The van der Waals surface area contributed by atoms with Gasteiger partial charge in [0.25, 0.3) is 17.8 Å². The molecule has 0 bridgehead atoms. The minimum Gasteiger partial charge on any atom is -1.00 e. The van der Waals surface area contributed by atoms with Crippen LogP contribution >= 0.6 is 11.6 Å². The molecule has 5 rings (SSSR count). The van der Waals surface area contributed by atoms with Crippen molar-refractivity contribution in [3.8, 4) is 11.5 Å². The maximum Gasteiger partial charge on any atom is 1.00 e. The minimum absolute atomic E-state index is 0. The standard InChI is InChI=1S/C18H27N3O4.C17H23NO7.C13H19N3O3.C10H20O3.C7H4ClNO4.C7H9N3.CH2O3.2K.H/c1-18(2,3)16(22)24-11-5-4-6-12-25-17(23)21-15(20)13-7-9-14(19)10-8-13;1-17(2,3)15(19)23-11-5-4-6-12-24-16(20)25-14-9-7-13(8-10-14)18(21)22;14-11-6-4-10(5-7-11)12(15)16-13(18)19-9-3-1-2-8-17;1-10(2,3)9(12)13-8-6-4-5-7-11;8-7(10)13-6-3-1-5(2-4-6)9(11)12;8-6-3-1-5(2-4-6)7(9)10;2-1-4-3;;;/h7-10H,4-6,11-12,19H2,1-3H3,(H2,20,21,23);7-10H,4-6,11-12H2,1-3H3;4-7,17H,1-3,8-9,14H2,(H2,15,16,18);11H,4-8H2,1-3H3;1-4H;1-4H,8H2,(H3,9,10);1,3H;;;/q;;;;;;;2*+1;-1/p-1. The number of esters is 3. The second kappa shape index (κ2) is 63.3. The van der Waals surface area contributed by atoms with Crippen LogP contribution in [0.1, 0.15) is 157 Å². The number of hydrogen-bond donors (Lipinski definition) is 10. The summed E-state index contributed by atoms with van der Waals surface area (Å²) in [7, 11) is 0. The van der Waals surface area contributed by atoms with Crippen LogP contribution in [0, 0.1) is 47.3 Å². The van der Waals surface area contributed by atoms with Crippen molar-refractivity contribution in [2.24, 2.45) is 32.7 Å². The van der Waals surface area contributed by atoms with Crippen LogP contribution in [0.15, 0.2) is 126 Å². The van der Waals surface area contributed by atoms with Crippen molar-refractivity contribution < 1.29 is 211 Å². The molecule has 0 unspecified atom stereocenters. The van der Waals surface area contributed by atoms with Crippen molar-refractivity contribution in [3.63, 3.8) is 0 Å². The minimum atomic E-state index is -0.978. The summed E-state index contributed by atoms with van der Waals surface area (Å²) in [4.78, 5) is 114. The van der Waals surface area contributed by atoms with Gasteiger partial charge in [-0.2, -0.15) is 4.99 Å². The first-order valence-corrected chi connectivity index (χ1v) is 34.2. The molecule has 15 N–H and O–H groups in total. The van der Waals surface area contributed by atoms with Gasteiger partial charge in [-0.1, -0.05) is 0 Å². The first-order chi connectivity index (χ1) is 51.2. The predicted octanol–water partition coefficient (Wildman–Crippen LogP) is 5.40. The Morgan fingerprint density at radius 2 is 0.793 bits per heavy atom. The van der Waals surface area contributed by atoms with E-state index in [1.54, 1.807) is 93.6 Å². The van der Waals surface area contributed by atoms with Gasteiger partial charge in [0.15, 0.2) is 0 Å². The summed E-state index contributed by atoms with van der Waals surface area (Å²) < 4.78 is 39.5. The number of carbonyl (C=O) groups is 8. The maximum atomic E-state index is 11.6. The van der Waals surface area contributed by atoms with E-state index in [4.69, 9.17) is 105 Å². The largest absolute Gasteiger partial charge is 1.00 e. The summed E-state index contributed by atoms with van der Waals surface area (Å²) in [6.07, 6.45) is 6.69.